The fourth-order valence-corrected chi connectivity index (χ4v) is 2.88. The van der Waals surface area contributed by atoms with Crippen LogP contribution in [0.1, 0.15) is 25.8 Å². The number of aromatic nitrogens is 2. The van der Waals surface area contributed by atoms with Gasteiger partial charge in [-0.2, -0.15) is 0 Å². The first-order valence-electron chi connectivity index (χ1n) is 8.35. The van der Waals surface area contributed by atoms with E-state index in [1.807, 2.05) is 45.0 Å². The molecule has 7 nitrogen and oxygen atoms in total. The molecule has 2 atom stereocenters. The van der Waals surface area contributed by atoms with Crippen molar-refractivity contribution in [3.8, 4) is 11.5 Å². The number of thioether (sulfide) groups is 1. The van der Waals surface area contributed by atoms with Crippen molar-refractivity contribution in [3.63, 3.8) is 0 Å². The molecule has 0 saturated heterocycles. The van der Waals surface area contributed by atoms with E-state index in [4.69, 9.17) is 9.15 Å². The number of nitrogens with one attached hydrogen (secondary N) is 1. The zero-order chi connectivity index (χ0) is 19.1. The Kier molecular flexibility index (Phi) is 7.20. The molecule has 0 aliphatic carbocycles. The van der Waals surface area contributed by atoms with E-state index in [1.165, 1.54) is 7.11 Å². The first kappa shape index (κ1) is 20.0. The zero-order valence-electron chi connectivity index (χ0n) is 15.3. The third-order valence-corrected chi connectivity index (χ3v) is 4.80. The number of hydrogen-bond acceptors (Lipinski definition) is 7. The Balaban J connectivity index is 1.94. The lowest BCUT2D eigenvalue weighted by molar-refractivity contribution is -0.146. The molecule has 8 heteroatoms. The van der Waals surface area contributed by atoms with Gasteiger partial charge in [-0.05, 0) is 25.0 Å². The fraction of sp³-hybridized carbons (Fsp3) is 0.444. The Bertz CT molecular complexity index is 762. The Morgan fingerprint density at radius 3 is 2.77 bits per heavy atom. The van der Waals surface area contributed by atoms with Crippen LogP contribution < -0.4 is 5.32 Å². The van der Waals surface area contributed by atoms with E-state index < -0.39 is 12.0 Å². The van der Waals surface area contributed by atoms with E-state index in [-0.39, 0.29) is 17.6 Å². The number of benzene rings is 1. The van der Waals surface area contributed by atoms with Gasteiger partial charge < -0.3 is 14.5 Å². The molecule has 0 fully saturated rings. The average molecular weight is 377 g/mol. The Morgan fingerprint density at radius 2 is 2.12 bits per heavy atom. The third-order valence-electron chi connectivity index (χ3n) is 3.98. The van der Waals surface area contributed by atoms with Crippen molar-refractivity contribution >= 4 is 23.6 Å². The van der Waals surface area contributed by atoms with Crippen LogP contribution in [0.2, 0.25) is 0 Å². The number of rotatable bonds is 8. The van der Waals surface area contributed by atoms with Crippen LogP contribution in [-0.2, 0) is 14.3 Å². The molecule has 0 bridgehead atoms. The van der Waals surface area contributed by atoms with Gasteiger partial charge in [0.2, 0.25) is 11.8 Å². The largest absolute Gasteiger partial charge is 0.467 e. The molecule has 0 radical (unpaired) electrons. The lowest BCUT2D eigenvalue weighted by Gasteiger charge is -2.21. The second-order valence-corrected chi connectivity index (χ2v) is 6.91. The Labute approximate surface area is 156 Å². The zero-order valence-corrected chi connectivity index (χ0v) is 16.1. The summed E-state index contributed by atoms with van der Waals surface area (Å²) >= 11 is 1.12. The smallest absolute Gasteiger partial charge is 0.328 e. The first-order valence-corrected chi connectivity index (χ1v) is 9.33. The van der Waals surface area contributed by atoms with Gasteiger partial charge in [0.25, 0.3) is 5.22 Å². The maximum atomic E-state index is 12.2. The maximum absolute atomic E-state index is 12.2. The summed E-state index contributed by atoms with van der Waals surface area (Å²) in [5.41, 5.74) is 1.92. The fourth-order valence-electron chi connectivity index (χ4n) is 2.30. The second kappa shape index (κ2) is 9.38. The number of ether oxygens (including phenoxy) is 1. The van der Waals surface area contributed by atoms with Gasteiger partial charge in [-0.15, -0.1) is 10.2 Å². The van der Waals surface area contributed by atoms with Crippen LogP contribution >= 0.6 is 11.8 Å². The van der Waals surface area contributed by atoms with Crippen molar-refractivity contribution in [2.75, 3.05) is 12.9 Å². The van der Waals surface area contributed by atoms with Crippen LogP contribution in [0.5, 0.6) is 0 Å². The number of aryl methyl sites for hydroxylation is 1. The summed E-state index contributed by atoms with van der Waals surface area (Å²) in [6.07, 6.45) is 0.747. The van der Waals surface area contributed by atoms with Crippen molar-refractivity contribution < 1.29 is 18.7 Å². The minimum absolute atomic E-state index is 0.0206. The molecule has 1 aromatic heterocycles. The molecule has 2 aromatic rings. The Morgan fingerprint density at radius 1 is 1.35 bits per heavy atom. The van der Waals surface area contributed by atoms with E-state index in [2.05, 4.69) is 15.5 Å². The van der Waals surface area contributed by atoms with Gasteiger partial charge >= 0.3 is 5.97 Å². The molecule has 1 amide bonds. The van der Waals surface area contributed by atoms with Crippen LogP contribution in [-0.4, -0.2) is 41.0 Å². The number of nitrogens with zero attached hydrogens (tertiary/aromatic N) is 2. The van der Waals surface area contributed by atoms with Gasteiger partial charge in [-0.3, -0.25) is 4.79 Å². The molecule has 2 rings (SSSR count). The summed E-state index contributed by atoms with van der Waals surface area (Å²) < 4.78 is 10.3. The number of amides is 1. The van der Waals surface area contributed by atoms with E-state index in [0.717, 1.165) is 29.3 Å². The molecular formula is C18H23N3O4S. The van der Waals surface area contributed by atoms with Gasteiger partial charge in [0.15, 0.2) is 0 Å². The predicted octanol–water partition coefficient (Wildman–Crippen LogP) is 2.84. The number of methoxy groups -OCH3 is 1. The molecule has 0 saturated carbocycles. The SMILES string of the molecule is CC[C@@H](C)[C@H](NC(=O)CSc1nnc(-c2cccc(C)c2)o1)C(=O)OC. The lowest BCUT2D eigenvalue weighted by Crippen LogP contribution is -2.46. The molecule has 1 heterocycles. The third kappa shape index (κ3) is 5.32. The minimum atomic E-state index is -0.663. The highest BCUT2D eigenvalue weighted by Crippen LogP contribution is 2.23. The summed E-state index contributed by atoms with van der Waals surface area (Å²) in [5.74, 6) is -0.283. The summed E-state index contributed by atoms with van der Waals surface area (Å²) in [5, 5.41) is 11.0. The maximum Gasteiger partial charge on any atom is 0.328 e. The monoisotopic (exact) mass is 377 g/mol. The Hall–Kier alpha value is -2.35. The number of esters is 1. The van der Waals surface area contributed by atoms with Gasteiger partial charge in [0, 0.05) is 5.56 Å². The molecule has 1 aromatic carbocycles. The van der Waals surface area contributed by atoms with Crippen molar-refractivity contribution in [1.29, 1.82) is 0 Å². The molecule has 26 heavy (non-hydrogen) atoms. The van der Waals surface area contributed by atoms with E-state index in [0.29, 0.717) is 11.1 Å². The lowest BCUT2D eigenvalue weighted by atomic mass is 9.99. The highest BCUT2D eigenvalue weighted by Gasteiger charge is 2.26. The van der Waals surface area contributed by atoms with Crippen molar-refractivity contribution in [2.45, 2.75) is 38.5 Å². The molecule has 0 spiro atoms. The predicted molar refractivity (Wildman–Crippen MR) is 98.6 cm³/mol. The summed E-state index contributed by atoms with van der Waals surface area (Å²) in [6.45, 7) is 5.82. The van der Waals surface area contributed by atoms with Crippen LogP contribution in [0.3, 0.4) is 0 Å². The van der Waals surface area contributed by atoms with E-state index >= 15 is 0 Å². The van der Waals surface area contributed by atoms with Crippen LogP contribution in [0.15, 0.2) is 33.9 Å². The topological polar surface area (TPSA) is 94.3 Å². The number of hydrogen-bond donors (Lipinski definition) is 1. The average Bonchev–Trinajstić information content (AvgIpc) is 3.12. The van der Waals surface area contributed by atoms with Gasteiger partial charge in [-0.1, -0.05) is 49.7 Å². The summed E-state index contributed by atoms with van der Waals surface area (Å²) in [4.78, 5) is 24.0. The number of carbonyl (C=O) groups is 2. The van der Waals surface area contributed by atoms with Crippen LogP contribution in [0.4, 0.5) is 0 Å². The van der Waals surface area contributed by atoms with Gasteiger partial charge in [0.05, 0.1) is 12.9 Å². The highest BCUT2D eigenvalue weighted by atomic mass is 32.2. The van der Waals surface area contributed by atoms with E-state index in [1.54, 1.807) is 0 Å². The molecule has 1 N–H and O–H groups in total. The molecule has 0 aliphatic heterocycles. The normalized spacial score (nSPS) is 13.1. The van der Waals surface area contributed by atoms with Crippen molar-refractivity contribution in [1.82, 2.24) is 15.5 Å². The highest BCUT2D eigenvalue weighted by molar-refractivity contribution is 7.99. The molecule has 140 valence electrons. The summed E-state index contributed by atoms with van der Waals surface area (Å²) in [7, 11) is 1.31. The van der Waals surface area contributed by atoms with Crippen molar-refractivity contribution in [3.05, 3.63) is 29.8 Å². The standard InChI is InChI=1S/C18H23N3O4S/c1-5-12(3)15(17(23)24-4)19-14(22)10-26-18-21-20-16(25-18)13-8-6-7-11(2)9-13/h6-9,12,15H,5,10H2,1-4H3,(H,19,22)/t12-,15+/m1/s1. The molecule has 0 aliphatic rings. The second-order valence-electron chi connectivity index (χ2n) is 5.99. The van der Waals surface area contributed by atoms with Crippen LogP contribution in [0.25, 0.3) is 11.5 Å². The quantitative estimate of drug-likeness (QED) is 0.558. The molecular weight excluding hydrogens is 354 g/mol. The van der Waals surface area contributed by atoms with Crippen LogP contribution in [0, 0.1) is 12.8 Å². The minimum Gasteiger partial charge on any atom is -0.467 e. The van der Waals surface area contributed by atoms with E-state index in [9.17, 15) is 9.59 Å². The van der Waals surface area contributed by atoms with Crippen molar-refractivity contribution in [2.24, 2.45) is 5.92 Å². The number of carbonyl (C=O) groups excluding carboxylic acids is 2. The molecule has 0 unspecified atom stereocenters. The summed E-state index contributed by atoms with van der Waals surface area (Å²) in [6, 6.07) is 7.06. The van der Waals surface area contributed by atoms with Gasteiger partial charge in [-0.25, -0.2) is 4.79 Å². The van der Waals surface area contributed by atoms with Gasteiger partial charge in [0.1, 0.15) is 6.04 Å². The first-order chi connectivity index (χ1) is 12.4.